The van der Waals surface area contributed by atoms with Gasteiger partial charge in [-0.1, -0.05) is 19.1 Å². The average Bonchev–Trinajstić information content (AvgIpc) is 2.48. The van der Waals surface area contributed by atoms with Gasteiger partial charge in [-0.2, -0.15) is 0 Å². The minimum atomic E-state index is 0.172. The van der Waals surface area contributed by atoms with E-state index in [0.29, 0.717) is 12.6 Å². The zero-order valence-corrected chi connectivity index (χ0v) is 12.6. The van der Waals surface area contributed by atoms with Crippen molar-refractivity contribution in [3.8, 4) is 5.75 Å². The van der Waals surface area contributed by atoms with Gasteiger partial charge in [-0.15, -0.1) is 0 Å². The Bertz CT molecular complexity index is 410. The van der Waals surface area contributed by atoms with Gasteiger partial charge >= 0.3 is 0 Å². The average molecular weight is 279 g/mol. The Balaban J connectivity index is 1.84. The fourth-order valence-electron chi connectivity index (χ4n) is 2.59. The molecule has 1 aromatic carbocycles. The van der Waals surface area contributed by atoms with E-state index in [1.807, 2.05) is 25.1 Å². The summed E-state index contributed by atoms with van der Waals surface area (Å²) in [4.78, 5) is 0. The first-order valence-electron chi connectivity index (χ1n) is 7.38. The van der Waals surface area contributed by atoms with Crippen LogP contribution in [0, 0.1) is 0 Å². The van der Waals surface area contributed by atoms with Crippen LogP contribution < -0.4 is 10.1 Å². The second kappa shape index (κ2) is 7.62. The van der Waals surface area contributed by atoms with Gasteiger partial charge in [0.2, 0.25) is 0 Å². The molecular weight excluding hydrogens is 254 g/mol. The van der Waals surface area contributed by atoms with Crippen molar-refractivity contribution < 1.29 is 14.2 Å². The molecule has 0 heterocycles. The van der Waals surface area contributed by atoms with E-state index in [0.717, 1.165) is 30.9 Å². The summed E-state index contributed by atoms with van der Waals surface area (Å²) >= 11 is 0. The maximum absolute atomic E-state index is 5.98. The van der Waals surface area contributed by atoms with Gasteiger partial charge in [0, 0.05) is 12.6 Å². The van der Waals surface area contributed by atoms with Crippen molar-refractivity contribution in [2.75, 3.05) is 20.3 Å². The van der Waals surface area contributed by atoms with Gasteiger partial charge in [-0.25, -0.2) is 0 Å². The fraction of sp³-hybridized carbons (Fsp3) is 0.625. The van der Waals surface area contributed by atoms with Gasteiger partial charge < -0.3 is 19.5 Å². The number of ether oxygens (including phenoxy) is 3. The van der Waals surface area contributed by atoms with Gasteiger partial charge in [0.1, 0.15) is 5.75 Å². The molecule has 0 spiro atoms. The van der Waals surface area contributed by atoms with Crippen LogP contribution in [0.2, 0.25) is 0 Å². The van der Waals surface area contributed by atoms with Crippen LogP contribution in [0.5, 0.6) is 5.75 Å². The van der Waals surface area contributed by atoms with Crippen molar-refractivity contribution >= 4 is 0 Å². The van der Waals surface area contributed by atoms with E-state index in [4.69, 9.17) is 14.2 Å². The van der Waals surface area contributed by atoms with E-state index < -0.39 is 0 Å². The van der Waals surface area contributed by atoms with E-state index in [9.17, 15) is 0 Å². The molecule has 3 unspecified atom stereocenters. The molecule has 1 aliphatic carbocycles. The van der Waals surface area contributed by atoms with Crippen LogP contribution in [0.4, 0.5) is 0 Å². The highest BCUT2D eigenvalue weighted by Gasteiger charge is 2.42. The zero-order valence-electron chi connectivity index (χ0n) is 12.6. The molecule has 0 radical (unpaired) electrons. The van der Waals surface area contributed by atoms with E-state index in [2.05, 4.69) is 18.3 Å². The Morgan fingerprint density at radius 2 is 2.10 bits per heavy atom. The Hall–Kier alpha value is -1.10. The van der Waals surface area contributed by atoms with Crippen LogP contribution in [0.1, 0.15) is 25.8 Å². The van der Waals surface area contributed by atoms with Crippen LogP contribution in [0.3, 0.4) is 0 Å². The van der Waals surface area contributed by atoms with E-state index in [1.54, 1.807) is 7.11 Å². The van der Waals surface area contributed by atoms with Crippen molar-refractivity contribution in [2.45, 2.75) is 45.1 Å². The largest absolute Gasteiger partial charge is 0.497 e. The number of benzene rings is 1. The van der Waals surface area contributed by atoms with Crippen molar-refractivity contribution in [1.29, 1.82) is 0 Å². The molecule has 0 aromatic heterocycles. The predicted octanol–water partition coefficient (Wildman–Crippen LogP) is 2.37. The Labute approximate surface area is 121 Å². The highest BCUT2D eigenvalue weighted by Crippen LogP contribution is 2.28. The molecule has 1 aliphatic rings. The molecule has 0 bridgehead atoms. The third kappa shape index (κ3) is 3.72. The van der Waals surface area contributed by atoms with Crippen molar-refractivity contribution in [1.82, 2.24) is 5.32 Å². The molecule has 4 nitrogen and oxygen atoms in total. The molecule has 3 atom stereocenters. The summed E-state index contributed by atoms with van der Waals surface area (Å²) in [6, 6.07) is 8.42. The summed E-state index contributed by atoms with van der Waals surface area (Å²) in [6.07, 6.45) is 1.37. The number of nitrogens with one attached hydrogen (secondary N) is 1. The lowest BCUT2D eigenvalue weighted by molar-refractivity contribution is -0.149. The van der Waals surface area contributed by atoms with Gasteiger partial charge in [0.25, 0.3) is 0 Å². The SMILES string of the molecule is CCNC1CC(OCc2cccc(OC)c2)C1OCC. The first kappa shape index (κ1) is 15.3. The van der Waals surface area contributed by atoms with Crippen LogP contribution >= 0.6 is 0 Å². The number of hydrogen-bond acceptors (Lipinski definition) is 4. The molecule has 1 saturated carbocycles. The molecule has 112 valence electrons. The molecule has 1 fully saturated rings. The van der Waals surface area contributed by atoms with Gasteiger partial charge in [0.15, 0.2) is 0 Å². The van der Waals surface area contributed by atoms with E-state index in [-0.39, 0.29) is 12.2 Å². The second-order valence-electron chi connectivity index (χ2n) is 5.02. The highest BCUT2D eigenvalue weighted by atomic mass is 16.5. The van der Waals surface area contributed by atoms with Crippen LogP contribution in [-0.4, -0.2) is 38.5 Å². The number of hydrogen-bond donors (Lipinski definition) is 1. The lowest BCUT2D eigenvalue weighted by Crippen LogP contribution is -2.60. The summed E-state index contributed by atoms with van der Waals surface area (Å²) in [6.45, 7) is 6.45. The fourth-order valence-corrected chi connectivity index (χ4v) is 2.59. The van der Waals surface area contributed by atoms with Crippen LogP contribution in [0.15, 0.2) is 24.3 Å². The smallest absolute Gasteiger partial charge is 0.119 e. The summed E-state index contributed by atoms with van der Waals surface area (Å²) in [7, 11) is 1.68. The third-order valence-electron chi connectivity index (χ3n) is 3.67. The molecule has 1 N–H and O–H groups in total. The number of likely N-dealkylation sites (N-methyl/N-ethyl adjacent to an activating group) is 1. The minimum absolute atomic E-state index is 0.172. The standard InChI is InChI=1S/C16H25NO3/c1-4-17-14-10-15(16(14)19-5-2)20-11-12-7-6-8-13(9-12)18-3/h6-9,14-17H,4-5,10-11H2,1-3H3. The maximum atomic E-state index is 5.98. The normalized spacial score (nSPS) is 25.2. The molecule has 0 aliphatic heterocycles. The van der Waals surface area contributed by atoms with Crippen LogP contribution in [0.25, 0.3) is 0 Å². The Morgan fingerprint density at radius 3 is 2.80 bits per heavy atom. The third-order valence-corrected chi connectivity index (χ3v) is 3.67. The summed E-state index contributed by atoms with van der Waals surface area (Å²) in [5.74, 6) is 0.867. The first-order chi connectivity index (χ1) is 9.78. The zero-order chi connectivity index (χ0) is 14.4. The maximum Gasteiger partial charge on any atom is 0.119 e. The molecule has 0 saturated heterocycles. The van der Waals surface area contributed by atoms with Gasteiger partial charge in [-0.05, 0) is 37.6 Å². The molecule has 1 aromatic rings. The molecular formula is C16H25NO3. The minimum Gasteiger partial charge on any atom is -0.497 e. The lowest BCUT2D eigenvalue weighted by atomic mass is 9.85. The molecule has 20 heavy (non-hydrogen) atoms. The lowest BCUT2D eigenvalue weighted by Gasteiger charge is -2.44. The van der Waals surface area contributed by atoms with Crippen molar-refractivity contribution in [3.05, 3.63) is 29.8 Å². The highest BCUT2D eigenvalue weighted by molar-refractivity contribution is 5.27. The van der Waals surface area contributed by atoms with Crippen molar-refractivity contribution in [2.24, 2.45) is 0 Å². The summed E-state index contributed by atoms with van der Waals surface area (Å²) in [5.41, 5.74) is 1.13. The van der Waals surface area contributed by atoms with Gasteiger partial charge in [-0.3, -0.25) is 0 Å². The van der Waals surface area contributed by atoms with E-state index in [1.165, 1.54) is 0 Å². The Kier molecular flexibility index (Phi) is 5.83. The van der Waals surface area contributed by atoms with E-state index >= 15 is 0 Å². The first-order valence-corrected chi connectivity index (χ1v) is 7.38. The predicted molar refractivity (Wildman–Crippen MR) is 79.1 cm³/mol. The number of methoxy groups -OCH3 is 1. The molecule has 2 rings (SSSR count). The quantitative estimate of drug-likeness (QED) is 0.793. The second-order valence-corrected chi connectivity index (χ2v) is 5.02. The van der Waals surface area contributed by atoms with Gasteiger partial charge in [0.05, 0.1) is 25.9 Å². The summed E-state index contributed by atoms with van der Waals surface area (Å²) < 4.78 is 17.0. The Morgan fingerprint density at radius 1 is 1.25 bits per heavy atom. The van der Waals surface area contributed by atoms with Crippen LogP contribution in [-0.2, 0) is 16.1 Å². The molecule has 4 heteroatoms. The topological polar surface area (TPSA) is 39.7 Å². The van der Waals surface area contributed by atoms with Crippen molar-refractivity contribution in [3.63, 3.8) is 0 Å². The summed E-state index contributed by atoms with van der Waals surface area (Å²) in [5, 5.41) is 3.44. The molecule has 0 amide bonds. The monoisotopic (exact) mass is 279 g/mol. The number of rotatable bonds is 8.